The Kier molecular flexibility index (Phi) is 6.19. The molecule has 1 saturated heterocycles. The van der Waals surface area contributed by atoms with Crippen LogP contribution in [0.15, 0.2) is 43.0 Å². The van der Waals surface area contributed by atoms with E-state index in [9.17, 15) is 9.59 Å². The minimum atomic E-state index is -0.0311. The molecule has 1 aromatic carbocycles. The smallest absolute Gasteiger partial charge is 0.242 e. The highest BCUT2D eigenvalue weighted by molar-refractivity contribution is 5.98. The molecule has 2 rings (SSSR count). The molecule has 4 nitrogen and oxygen atoms in total. The summed E-state index contributed by atoms with van der Waals surface area (Å²) in [6.07, 6.45) is 6.03. The molecule has 4 heteroatoms. The molecule has 0 bridgehead atoms. The number of nitrogens with zero attached hydrogens (tertiary/aromatic N) is 2. The summed E-state index contributed by atoms with van der Waals surface area (Å²) in [4.78, 5) is 28.4. The Hall–Kier alpha value is -2.10. The first-order valence-corrected chi connectivity index (χ1v) is 7.96. The fourth-order valence-corrected chi connectivity index (χ4v) is 2.67. The van der Waals surface area contributed by atoms with E-state index in [1.165, 1.54) is 6.42 Å². The van der Waals surface area contributed by atoms with E-state index in [4.69, 9.17) is 0 Å². The van der Waals surface area contributed by atoms with Crippen molar-refractivity contribution in [2.24, 2.45) is 0 Å². The van der Waals surface area contributed by atoms with Gasteiger partial charge in [0.2, 0.25) is 11.8 Å². The van der Waals surface area contributed by atoms with E-state index in [-0.39, 0.29) is 18.4 Å². The summed E-state index contributed by atoms with van der Waals surface area (Å²) in [5, 5.41) is 0. The van der Waals surface area contributed by atoms with Gasteiger partial charge in [0.25, 0.3) is 0 Å². The fraction of sp³-hybridized carbons (Fsp3) is 0.444. The van der Waals surface area contributed by atoms with Crippen molar-refractivity contribution in [2.75, 3.05) is 24.5 Å². The maximum absolute atomic E-state index is 12.5. The molecule has 1 aromatic rings. The highest BCUT2D eigenvalue weighted by Crippen LogP contribution is 2.17. The van der Waals surface area contributed by atoms with Gasteiger partial charge in [-0.25, -0.2) is 0 Å². The quantitative estimate of drug-likeness (QED) is 0.758. The zero-order valence-electron chi connectivity index (χ0n) is 13.0. The van der Waals surface area contributed by atoms with Crippen LogP contribution in [0.4, 0.5) is 5.69 Å². The van der Waals surface area contributed by atoms with Gasteiger partial charge in [0.1, 0.15) is 6.54 Å². The topological polar surface area (TPSA) is 40.6 Å². The first kappa shape index (κ1) is 16.3. The van der Waals surface area contributed by atoms with Crippen LogP contribution in [0.5, 0.6) is 0 Å². The minimum Gasteiger partial charge on any atom is -0.341 e. The van der Waals surface area contributed by atoms with E-state index in [0.717, 1.165) is 31.6 Å². The van der Waals surface area contributed by atoms with E-state index in [0.29, 0.717) is 12.8 Å². The number of carbonyl (C=O) groups is 2. The van der Waals surface area contributed by atoms with E-state index < -0.39 is 0 Å². The summed E-state index contributed by atoms with van der Waals surface area (Å²) >= 11 is 0. The largest absolute Gasteiger partial charge is 0.341 e. The molecule has 0 N–H and O–H groups in total. The summed E-state index contributed by atoms with van der Waals surface area (Å²) in [6.45, 7) is 5.39. The highest BCUT2D eigenvalue weighted by atomic mass is 16.2. The van der Waals surface area contributed by atoms with Gasteiger partial charge in [-0.05, 0) is 37.8 Å². The number of hydrogen-bond donors (Lipinski definition) is 0. The van der Waals surface area contributed by atoms with E-state index >= 15 is 0 Å². The Morgan fingerprint density at radius 1 is 1.14 bits per heavy atom. The Morgan fingerprint density at radius 3 is 2.45 bits per heavy atom. The van der Waals surface area contributed by atoms with Crippen molar-refractivity contribution < 1.29 is 9.59 Å². The van der Waals surface area contributed by atoms with Gasteiger partial charge >= 0.3 is 0 Å². The third kappa shape index (κ3) is 4.45. The summed E-state index contributed by atoms with van der Waals surface area (Å²) in [5.74, 6) is 0.00645. The van der Waals surface area contributed by atoms with Crippen molar-refractivity contribution in [1.82, 2.24) is 4.90 Å². The van der Waals surface area contributed by atoms with Crippen molar-refractivity contribution in [3.05, 3.63) is 43.0 Å². The summed E-state index contributed by atoms with van der Waals surface area (Å²) in [6, 6.07) is 9.41. The standard InChI is InChI=1S/C18H24N2O2/c1-2-3-12-17(21)20(16-10-6-4-7-11-16)15-18(22)19-13-8-5-9-14-19/h2,4,6-7,10-11H,1,3,5,8-9,12-15H2. The van der Waals surface area contributed by atoms with Gasteiger partial charge in [-0.3, -0.25) is 9.59 Å². The summed E-state index contributed by atoms with van der Waals surface area (Å²) < 4.78 is 0. The number of likely N-dealkylation sites (tertiary alicyclic amines) is 1. The monoisotopic (exact) mass is 300 g/mol. The second kappa shape index (κ2) is 8.37. The molecule has 118 valence electrons. The molecule has 0 spiro atoms. The molecule has 0 aromatic heterocycles. The maximum Gasteiger partial charge on any atom is 0.242 e. The Morgan fingerprint density at radius 2 is 1.82 bits per heavy atom. The SMILES string of the molecule is C=CCCC(=O)N(CC(=O)N1CCCCC1)c1ccccc1. The number of amides is 2. The Bertz CT molecular complexity index is 507. The molecule has 0 aliphatic carbocycles. The van der Waals surface area contributed by atoms with Crippen LogP contribution in [0.3, 0.4) is 0 Å². The van der Waals surface area contributed by atoms with E-state index in [1.54, 1.807) is 11.0 Å². The third-order valence-corrected chi connectivity index (χ3v) is 3.93. The van der Waals surface area contributed by atoms with Crippen molar-refractivity contribution >= 4 is 17.5 Å². The van der Waals surface area contributed by atoms with Gasteiger partial charge in [-0.2, -0.15) is 0 Å². The van der Waals surface area contributed by atoms with Crippen LogP contribution in [0.25, 0.3) is 0 Å². The number of para-hydroxylation sites is 1. The zero-order chi connectivity index (χ0) is 15.8. The number of allylic oxidation sites excluding steroid dienone is 1. The van der Waals surface area contributed by atoms with Crippen molar-refractivity contribution in [1.29, 1.82) is 0 Å². The first-order valence-electron chi connectivity index (χ1n) is 7.96. The number of rotatable bonds is 6. The molecule has 0 atom stereocenters. The number of hydrogen-bond acceptors (Lipinski definition) is 2. The van der Waals surface area contributed by atoms with Crippen molar-refractivity contribution in [2.45, 2.75) is 32.1 Å². The number of piperidine rings is 1. The number of carbonyl (C=O) groups excluding carboxylic acids is 2. The molecule has 1 fully saturated rings. The lowest BCUT2D eigenvalue weighted by Gasteiger charge is -2.30. The lowest BCUT2D eigenvalue weighted by molar-refractivity contribution is -0.132. The van der Waals surface area contributed by atoms with Gasteiger partial charge in [-0.1, -0.05) is 24.3 Å². The normalized spacial score (nSPS) is 14.5. The predicted octanol–water partition coefficient (Wildman–Crippen LogP) is 3.00. The van der Waals surface area contributed by atoms with Gasteiger partial charge in [-0.15, -0.1) is 6.58 Å². The lowest BCUT2D eigenvalue weighted by atomic mass is 10.1. The van der Waals surface area contributed by atoms with Crippen LogP contribution in [-0.2, 0) is 9.59 Å². The first-order chi connectivity index (χ1) is 10.7. The van der Waals surface area contributed by atoms with Crippen LogP contribution in [0.2, 0.25) is 0 Å². The molecular formula is C18H24N2O2. The minimum absolute atomic E-state index is 0.0311. The molecule has 22 heavy (non-hydrogen) atoms. The molecule has 1 aliphatic heterocycles. The zero-order valence-corrected chi connectivity index (χ0v) is 13.0. The molecular weight excluding hydrogens is 276 g/mol. The van der Waals surface area contributed by atoms with Crippen LogP contribution < -0.4 is 4.90 Å². The van der Waals surface area contributed by atoms with Gasteiger partial charge in [0, 0.05) is 25.2 Å². The Labute approximate surface area is 132 Å². The van der Waals surface area contributed by atoms with Crippen LogP contribution in [0.1, 0.15) is 32.1 Å². The van der Waals surface area contributed by atoms with Crippen molar-refractivity contribution in [3.63, 3.8) is 0 Å². The van der Waals surface area contributed by atoms with Gasteiger partial charge in [0.05, 0.1) is 0 Å². The van der Waals surface area contributed by atoms with Gasteiger partial charge in [0.15, 0.2) is 0 Å². The third-order valence-electron chi connectivity index (χ3n) is 3.93. The van der Waals surface area contributed by atoms with Gasteiger partial charge < -0.3 is 9.80 Å². The molecule has 0 radical (unpaired) electrons. The van der Waals surface area contributed by atoms with Crippen LogP contribution in [0, 0.1) is 0 Å². The number of benzene rings is 1. The van der Waals surface area contributed by atoms with Crippen LogP contribution in [-0.4, -0.2) is 36.3 Å². The molecule has 2 amide bonds. The highest BCUT2D eigenvalue weighted by Gasteiger charge is 2.23. The fourth-order valence-electron chi connectivity index (χ4n) is 2.67. The molecule has 1 heterocycles. The van der Waals surface area contributed by atoms with Crippen molar-refractivity contribution in [3.8, 4) is 0 Å². The molecule has 0 saturated carbocycles. The average molecular weight is 300 g/mol. The Balaban J connectivity index is 2.08. The summed E-state index contributed by atoms with van der Waals surface area (Å²) in [5.41, 5.74) is 0.780. The second-order valence-corrected chi connectivity index (χ2v) is 5.58. The van der Waals surface area contributed by atoms with Crippen LogP contribution >= 0.6 is 0 Å². The molecule has 0 unspecified atom stereocenters. The molecule has 1 aliphatic rings. The number of anilines is 1. The predicted molar refractivity (Wildman–Crippen MR) is 88.7 cm³/mol. The van der Waals surface area contributed by atoms with E-state index in [1.807, 2.05) is 35.2 Å². The average Bonchev–Trinajstić information content (AvgIpc) is 2.59. The summed E-state index contributed by atoms with van der Waals surface area (Å²) in [7, 11) is 0. The second-order valence-electron chi connectivity index (χ2n) is 5.58. The maximum atomic E-state index is 12.5. The van der Waals surface area contributed by atoms with E-state index in [2.05, 4.69) is 6.58 Å². The lowest BCUT2D eigenvalue weighted by Crippen LogP contribution is -2.44.